The monoisotopic (exact) mass is 436 g/mol. The molecule has 32 heavy (non-hydrogen) atoms. The van der Waals surface area contributed by atoms with E-state index in [-0.39, 0.29) is 18.2 Å². The van der Waals surface area contributed by atoms with E-state index in [1.165, 1.54) is 21.1 Å². The first kappa shape index (κ1) is 23.3. The Morgan fingerprint density at radius 3 is 2.28 bits per heavy atom. The highest BCUT2D eigenvalue weighted by Crippen LogP contribution is 2.39. The van der Waals surface area contributed by atoms with Crippen LogP contribution in [0.25, 0.3) is 11.3 Å². The summed E-state index contributed by atoms with van der Waals surface area (Å²) in [6.07, 6.45) is 0.392. The van der Waals surface area contributed by atoms with Gasteiger partial charge in [-0.2, -0.15) is 0 Å². The standard InChI is InChI=1S/C26H28O6/c1-15(2)18-6-7-19-13-21(16(3)27)25(29)24(22(19)12-18)26(31-5)17-8-10-20(11-9-17)32-14-23(28)30-4/h6-12,15,21H,13-14H2,1-5H3/b26-24-. The van der Waals surface area contributed by atoms with Crippen molar-refractivity contribution in [2.45, 2.75) is 33.1 Å². The number of allylic oxidation sites excluding steroid dienone is 1. The van der Waals surface area contributed by atoms with Crippen LogP contribution in [-0.4, -0.2) is 38.4 Å². The molecule has 0 heterocycles. The Morgan fingerprint density at radius 2 is 1.72 bits per heavy atom. The predicted octanol–water partition coefficient (Wildman–Crippen LogP) is 4.21. The fraction of sp³-hybridized carbons (Fsp3) is 0.346. The number of carbonyl (C=O) groups is 3. The molecule has 0 amide bonds. The van der Waals surface area contributed by atoms with E-state index >= 15 is 0 Å². The Labute approximate surface area is 188 Å². The lowest BCUT2D eigenvalue weighted by Gasteiger charge is -2.27. The van der Waals surface area contributed by atoms with Gasteiger partial charge in [-0.25, -0.2) is 4.79 Å². The fourth-order valence-electron chi connectivity index (χ4n) is 3.81. The first-order valence-corrected chi connectivity index (χ1v) is 10.5. The Kier molecular flexibility index (Phi) is 7.13. The van der Waals surface area contributed by atoms with Gasteiger partial charge in [-0.05, 0) is 60.2 Å². The number of Topliss-reactive ketones (excluding diaryl/α,β-unsaturated/α-hetero) is 2. The highest BCUT2D eigenvalue weighted by atomic mass is 16.6. The molecule has 1 atom stereocenters. The van der Waals surface area contributed by atoms with Gasteiger partial charge in [0.1, 0.15) is 17.3 Å². The largest absolute Gasteiger partial charge is 0.495 e. The van der Waals surface area contributed by atoms with Gasteiger partial charge in [0.05, 0.1) is 25.7 Å². The van der Waals surface area contributed by atoms with Crippen molar-refractivity contribution in [2.75, 3.05) is 20.8 Å². The minimum Gasteiger partial charge on any atom is -0.495 e. The second-order valence-electron chi connectivity index (χ2n) is 8.10. The zero-order chi connectivity index (χ0) is 23.4. The third-order valence-corrected chi connectivity index (χ3v) is 5.68. The van der Waals surface area contributed by atoms with Crippen LogP contribution in [0.3, 0.4) is 0 Å². The van der Waals surface area contributed by atoms with E-state index in [9.17, 15) is 14.4 Å². The molecule has 1 aliphatic rings. The van der Waals surface area contributed by atoms with Gasteiger partial charge < -0.3 is 14.2 Å². The summed E-state index contributed by atoms with van der Waals surface area (Å²) >= 11 is 0. The van der Waals surface area contributed by atoms with Gasteiger partial charge in [0.25, 0.3) is 0 Å². The van der Waals surface area contributed by atoms with E-state index in [2.05, 4.69) is 18.6 Å². The molecule has 2 aromatic carbocycles. The Balaban J connectivity index is 2.10. The minimum atomic E-state index is -0.727. The zero-order valence-electron chi connectivity index (χ0n) is 19.1. The topological polar surface area (TPSA) is 78.9 Å². The molecule has 0 fully saturated rings. The summed E-state index contributed by atoms with van der Waals surface area (Å²) in [6, 6.07) is 13.0. The molecule has 168 valence electrons. The van der Waals surface area contributed by atoms with Crippen molar-refractivity contribution in [3.63, 3.8) is 0 Å². The summed E-state index contributed by atoms with van der Waals surface area (Å²) in [5.74, 6) is -0.410. The molecular formula is C26H28O6. The highest BCUT2D eigenvalue weighted by molar-refractivity contribution is 6.33. The van der Waals surface area contributed by atoms with Gasteiger partial charge in [-0.1, -0.05) is 32.0 Å². The van der Waals surface area contributed by atoms with E-state index in [0.717, 1.165) is 16.7 Å². The normalized spacial score (nSPS) is 16.9. The Morgan fingerprint density at radius 1 is 1.03 bits per heavy atom. The van der Waals surface area contributed by atoms with Gasteiger partial charge in [0.2, 0.25) is 0 Å². The number of rotatable bonds is 7. The van der Waals surface area contributed by atoms with Gasteiger partial charge in [-0.3, -0.25) is 9.59 Å². The first-order chi connectivity index (χ1) is 15.3. The smallest absolute Gasteiger partial charge is 0.343 e. The van der Waals surface area contributed by atoms with Crippen molar-refractivity contribution >= 4 is 28.9 Å². The van der Waals surface area contributed by atoms with Crippen LogP contribution in [0.5, 0.6) is 5.75 Å². The summed E-state index contributed by atoms with van der Waals surface area (Å²) in [7, 11) is 2.81. The molecule has 1 unspecified atom stereocenters. The van der Waals surface area contributed by atoms with Crippen LogP contribution in [0, 0.1) is 5.92 Å². The third-order valence-electron chi connectivity index (χ3n) is 5.68. The number of esters is 1. The second-order valence-corrected chi connectivity index (χ2v) is 8.10. The third kappa shape index (κ3) is 4.74. The van der Waals surface area contributed by atoms with Crippen molar-refractivity contribution < 1.29 is 28.6 Å². The maximum Gasteiger partial charge on any atom is 0.343 e. The molecule has 0 aromatic heterocycles. The van der Waals surface area contributed by atoms with Crippen LogP contribution < -0.4 is 4.74 Å². The quantitative estimate of drug-likeness (QED) is 0.280. The average Bonchev–Trinajstić information content (AvgIpc) is 2.79. The molecule has 0 N–H and O–H groups in total. The lowest BCUT2D eigenvalue weighted by molar-refractivity contribution is -0.143. The summed E-state index contributed by atoms with van der Waals surface area (Å²) in [4.78, 5) is 37.0. The minimum absolute atomic E-state index is 0.159. The number of carbonyl (C=O) groups excluding carboxylic acids is 3. The number of ketones is 2. The number of hydrogen-bond acceptors (Lipinski definition) is 6. The zero-order valence-corrected chi connectivity index (χ0v) is 19.1. The molecule has 0 radical (unpaired) electrons. The van der Waals surface area contributed by atoms with Crippen LogP contribution in [0.2, 0.25) is 0 Å². The number of benzene rings is 2. The van der Waals surface area contributed by atoms with Crippen molar-refractivity contribution in [2.24, 2.45) is 5.92 Å². The molecule has 3 rings (SSSR count). The van der Waals surface area contributed by atoms with Crippen LogP contribution in [0.1, 0.15) is 48.9 Å². The van der Waals surface area contributed by atoms with Crippen molar-refractivity contribution in [1.82, 2.24) is 0 Å². The number of ether oxygens (including phenoxy) is 3. The fourth-order valence-corrected chi connectivity index (χ4v) is 3.81. The maximum absolute atomic E-state index is 13.4. The molecule has 0 spiro atoms. The van der Waals surface area contributed by atoms with E-state index in [1.54, 1.807) is 24.3 Å². The Bertz CT molecular complexity index is 1060. The number of methoxy groups -OCH3 is 2. The summed E-state index contributed by atoms with van der Waals surface area (Å²) in [6.45, 7) is 5.45. The lowest BCUT2D eigenvalue weighted by atomic mass is 9.76. The van der Waals surface area contributed by atoms with Gasteiger partial charge in [-0.15, -0.1) is 0 Å². The SMILES string of the molecule is COC(=O)COc1ccc(/C(OC)=C2/C(=O)C(C(C)=O)Cc3ccc(C(C)C)cc32)cc1. The van der Waals surface area contributed by atoms with Crippen LogP contribution in [0.4, 0.5) is 0 Å². The molecular weight excluding hydrogens is 408 g/mol. The molecule has 0 aliphatic heterocycles. The summed E-state index contributed by atoms with van der Waals surface area (Å²) in [5, 5.41) is 0. The van der Waals surface area contributed by atoms with Crippen LogP contribution >= 0.6 is 0 Å². The summed E-state index contributed by atoms with van der Waals surface area (Å²) < 4.78 is 15.7. The second kappa shape index (κ2) is 9.81. The molecule has 0 bridgehead atoms. The van der Waals surface area contributed by atoms with Crippen molar-refractivity contribution in [3.05, 3.63) is 64.7 Å². The molecule has 6 heteroatoms. The molecule has 2 aromatic rings. The first-order valence-electron chi connectivity index (χ1n) is 10.5. The van der Waals surface area contributed by atoms with Crippen molar-refractivity contribution in [1.29, 1.82) is 0 Å². The van der Waals surface area contributed by atoms with Crippen LogP contribution in [0.15, 0.2) is 42.5 Å². The summed E-state index contributed by atoms with van der Waals surface area (Å²) in [5.41, 5.74) is 3.96. The maximum atomic E-state index is 13.4. The highest BCUT2D eigenvalue weighted by Gasteiger charge is 2.36. The Hall–Kier alpha value is -3.41. The van der Waals surface area contributed by atoms with E-state index in [0.29, 0.717) is 35.0 Å². The number of fused-ring (bicyclic) bond motifs is 1. The van der Waals surface area contributed by atoms with Crippen molar-refractivity contribution in [3.8, 4) is 5.75 Å². The molecule has 0 saturated carbocycles. The number of hydrogen-bond donors (Lipinski definition) is 0. The molecule has 1 aliphatic carbocycles. The van der Waals surface area contributed by atoms with Gasteiger partial charge in [0, 0.05) is 5.56 Å². The van der Waals surface area contributed by atoms with E-state index < -0.39 is 11.9 Å². The van der Waals surface area contributed by atoms with Gasteiger partial charge in [0.15, 0.2) is 12.4 Å². The molecule has 6 nitrogen and oxygen atoms in total. The predicted molar refractivity (Wildman–Crippen MR) is 121 cm³/mol. The lowest BCUT2D eigenvalue weighted by Crippen LogP contribution is -2.30. The average molecular weight is 437 g/mol. The van der Waals surface area contributed by atoms with Crippen LogP contribution in [-0.2, 0) is 30.3 Å². The van der Waals surface area contributed by atoms with E-state index in [4.69, 9.17) is 9.47 Å². The van der Waals surface area contributed by atoms with Gasteiger partial charge >= 0.3 is 5.97 Å². The molecule has 0 saturated heterocycles. The van der Waals surface area contributed by atoms with E-state index in [1.807, 2.05) is 18.2 Å².